The molecule has 1 aromatic carbocycles. The lowest BCUT2D eigenvalue weighted by atomic mass is 10.2. The lowest BCUT2D eigenvalue weighted by molar-refractivity contribution is -0.127. The van der Waals surface area contributed by atoms with Gasteiger partial charge in [-0.15, -0.1) is 11.3 Å². The number of halogens is 1. The third-order valence-electron chi connectivity index (χ3n) is 5.45. The minimum absolute atomic E-state index is 0.0711. The fourth-order valence-corrected chi connectivity index (χ4v) is 5.09. The van der Waals surface area contributed by atoms with Crippen LogP contribution >= 0.6 is 22.9 Å². The second-order valence-electron chi connectivity index (χ2n) is 7.52. The highest BCUT2D eigenvalue weighted by molar-refractivity contribution is 7.19. The van der Waals surface area contributed by atoms with Crippen LogP contribution in [0.25, 0.3) is 27.1 Å². The molecule has 0 unspecified atom stereocenters. The van der Waals surface area contributed by atoms with Crippen molar-refractivity contribution in [1.29, 1.82) is 0 Å². The highest BCUT2D eigenvalue weighted by atomic mass is 35.5. The number of nitrogens with zero attached hydrogens (tertiary/aromatic N) is 3. The third kappa shape index (κ3) is 4.12. The maximum Gasteiger partial charge on any atom is 0.246 e. The molecule has 152 valence electrons. The van der Waals surface area contributed by atoms with Crippen LogP contribution in [0.1, 0.15) is 10.6 Å². The molecule has 5 rings (SSSR count). The van der Waals surface area contributed by atoms with Crippen LogP contribution in [-0.4, -0.2) is 51.9 Å². The van der Waals surface area contributed by atoms with E-state index in [0.717, 1.165) is 63.6 Å². The number of fused-ring (bicyclic) bond motifs is 2. The standard InChI is InChI=1S/C23H21ClN4OS/c24-18-2-1-16-12-20(30-22(16)13-18)3-4-23(29)28-9-7-27(8-10-28)15-19-11-17-14-25-6-5-21(17)26-19/h1-6,11-14,26H,7-10,15H2/b4-3+. The van der Waals surface area contributed by atoms with Gasteiger partial charge in [0.25, 0.3) is 0 Å². The van der Waals surface area contributed by atoms with Gasteiger partial charge in [0.1, 0.15) is 0 Å². The normalized spacial score (nSPS) is 15.6. The van der Waals surface area contributed by atoms with Gasteiger partial charge in [-0.25, -0.2) is 0 Å². The predicted octanol–water partition coefficient (Wildman–Crippen LogP) is 4.79. The molecule has 7 heteroatoms. The van der Waals surface area contributed by atoms with Gasteiger partial charge in [0, 0.05) is 82.4 Å². The van der Waals surface area contributed by atoms with Gasteiger partial charge in [0.05, 0.1) is 0 Å². The molecule has 3 aromatic heterocycles. The highest BCUT2D eigenvalue weighted by Crippen LogP contribution is 2.29. The lowest BCUT2D eigenvalue weighted by Crippen LogP contribution is -2.47. The molecule has 1 amide bonds. The molecule has 0 radical (unpaired) electrons. The van der Waals surface area contributed by atoms with E-state index >= 15 is 0 Å². The fourth-order valence-electron chi connectivity index (χ4n) is 3.85. The Hall–Kier alpha value is -2.67. The number of aromatic nitrogens is 2. The fraction of sp³-hybridized carbons (Fsp3) is 0.217. The quantitative estimate of drug-likeness (QED) is 0.468. The molecule has 0 aliphatic carbocycles. The number of carbonyl (C=O) groups excluding carboxylic acids is 1. The Kier molecular flexibility index (Phi) is 5.29. The van der Waals surface area contributed by atoms with Crippen molar-refractivity contribution >= 4 is 55.9 Å². The number of hydrogen-bond donors (Lipinski definition) is 1. The molecule has 1 saturated heterocycles. The Morgan fingerprint density at radius 3 is 2.83 bits per heavy atom. The molecular weight excluding hydrogens is 416 g/mol. The Balaban J connectivity index is 1.17. The summed E-state index contributed by atoms with van der Waals surface area (Å²) in [6.45, 7) is 4.08. The van der Waals surface area contributed by atoms with Gasteiger partial charge in [0.15, 0.2) is 0 Å². The van der Waals surface area contributed by atoms with Crippen LogP contribution < -0.4 is 0 Å². The lowest BCUT2D eigenvalue weighted by Gasteiger charge is -2.34. The third-order valence-corrected chi connectivity index (χ3v) is 6.74. The summed E-state index contributed by atoms with van der Waals surface area (Å²) in [6.07, 6.45) is 7.27. The van der Waals surface area contributed by atoms with E-state index in [4.69, 9.17) is 11.6 Å². The van der Waals surface area contributed by atoms with Crippen molar-refractivity contribution in [2.45, 2.75) is 6.54 Å². The van der Waals surface area contributed by atoms with Gasteiger partial charge in [-0.05, 0) is 41.8 Å². The largest absolute Gasteiger partial charge is 0.357 e. The van der Waals surface area contributed by atoms with Gasteiger partial charge in [-0.2, -0.15) is 0 Å². The van der Waals surface area contributed by atoms with E-state index in [1.807, 2.05) is 41.4 Å². The number of rotatable bonds is 4. The summed E-state index contributed by atoms with van der Waals surface area (Å²) >= 11 is 7.70. The zero-order chi connectivity index (χ0) is 20.5. The molecule has 1 aliphatic rings. The van der Waals surface area contributed by atoms with E-state index in [0.29, 0.717) is 0 Å². The van der Waals surface area contributed by atoms with Crippen LogP contribution in [0.5, 0.6) is 0 Å². The van der Waals surface area contributed by atoms with E-state index in [2.05, 4.69) is 27.0 Å². The summed E-state index contributed by atoms with van der Waals surface area (Å²) in [5, 5.41) is 3.02. The number of nitrogens with one attached hydrogen (secondary N) is 1. The predicted molar refractivity (Wildman–Crippen MR) is 124 cm³/mol. The average molecular weight is 437 g/mol. The number of amides is 1. The first kappa shape index (κ1) is 19.3. The summed E-state index contributed by atoms with van der Waals surface area (Å²) in [7, 11) is 0. The summed E-state index contributed by atoms with van der Waals surface area (Å²) in [6, 6.07) is 12.1. The molecule has 4 aromatic rings. The number of carbonyl (C=O) groups is 1. The van der Waals surface area contributed by atoms with Gasteiger partial charge in [-0.3, -0.25) is 14.7 Å². The zero-order valence-electron chi connectivity index (χ0n) is 16.3. The van der Waals surface area contributed by atoms with E-state index in [1.165, 1.54) is 5.69 Å². The van der Waals surface area contributed by atoms with E-state index in [9.17, 15) is 4.79 Å². The van der Waals surface area contributed by atoms with Crippen LogP contribution in [0.3, 0.4) is 0 Å². The number of pyridine rings is 1. The topological polar surface area (TPSA) is 52.2 Å². The Morgan fingerprint density at radius 2 is 2.00 bits per heavy atom. The number of piperazine rings is 1. The Bertz CT molecular complexity index is 1200. The van der Waals surface area contributed by atoms with Crippen LogP contribution in [0, 0.1) is 0 Å². The van der Waals surface area contributed by atoms with E-state index < -0.39 is 0 Å². The zero-order valence-corrected chi connectivity index (χ0v) is 17.9. The van der Waals surface area contributed by atoms with Crippen LogP contribution in [0.15, 0.2) is 54.9 Å². The highest BCUT2D eigenvalue weighted by Gasteiger charge is 2.20. The minimum atomic E-state index is 0.0711. The molecule has 30 heavy (non-hydrogen) atoms. The number of hydrogen-bond acceptors (Lipinski definition) is 4. The smallest absolute Gasteiger partial charge is 0.246 e. The van der Waals surface area contributed by atoms with Gasteiger partial charge in [-0.1, -0.05) is 17.7 Å². The van der Waals surface area contributed by atoms with Gasteiger partial charge in [0.2, 0.25) is 5.91 Å². The molecule has 0 atom stereocenters. The summed E-state index contributed by atoms with van der Waals surface area (Å²) in [5.74, 6) is 0.0711. The number of H-pyrrole nitrogens is 1. The van der Waals surface area contributed by atoms with Crippen molar-refractivity contribution in [1.82, 2.24) is 19.8 Å². The molecule has 4 heterocycles. The first-order chi connectivity index (χ1) is 14.6. The maximum absolute atomic E-state index is 12.6. The summed E-state index contributed by atoms with van der Waals surface area (Å²) in [4.78, 5) is 25.6. The molecular formula is C23H21ClN4OS. The SMILES string of the molecule is O=C(/C=C/c1cc2ccc(Cl)cc2s1)N1CCN(Cc2cc3cnccc3[nH]2)CC1. The summed E-state index contributed by atoms with van der Waals surface area (Å²) < 4.78 is 1.14. The van der Waals surface area contributed by atoms with Crippen molar-refractivity contribution in [3.63, 3.8) is 0 Å². The van der Waals surface area contributed by atoms with Gasteiger partial charge < -0.3 is 9.88 Å². The summed E-state index contributed by atoms with van der Waals surface area (Å²) in [5.41, 5.74) is 2.30. The Labute approximate surface area is 183 Å². The number of thiophene rings is 1. The second kappa shape index (κ2) is 8.22. The monoisotopic (exact) mass is 436 g/mol. The minimum Gasteiger partial charge on any atom is -0.357 e. The van der Waals surface area contributed by atoms with Crippen molar-refractivity contribution < 1.29 is 4.79 Å². The van der Waals surface area contributed by atoms with Crippen molar-refractivity contribution in [3.05, 3.63) is 70.5 Å². The van der Waals surface area contributed by atoms with Crippen LogP contribution in [-0.2, 0) is 11.3 Å². The Morgan fingerprint density at radius 1 is 1.13 bits per heavy atom. The first-order valence-corrected chi connectivity index (χ1v) is 11.1. The van der Waals surface area contributed by atoms with Gasteiger partial charge >= 0.3 is 0 Å². The maximum atomic E-state index is 12.6. The van der Waals surface area contributed by atoms with Crippen LogP contribution in [0.4, 0.5) is 0 Å². The number of aromatic amines is 1. The second-order valence-corrected chi connectivity index (χ2v) is 9.07. The van der Waals surface area contributed by atoms with Crippen molar-refractivity contribution in [2.75, 3.05) is 26.2 Å². The van der Waals surface area contributed by atoms with E-state index in [1.54, 1.807) is 23.6 Å². The average Bonchev–Trinajstić information content (AvgIpc) is 3.35. The van der Waals surface area contributed by atoms with Crippen molar-refractivity contribution in [2.24, 2.45) is 0 Å². The van der Waals surface area contributed by atoms with E-state index in [-0.39, 0.29) is 5.91 Å². The number of benzene rings is 1. The molecule has 1 N–H and O–H groups in total. The molecule has 0 bridgehead atoms. The van der Waals surface area contributed by atoms with Crippen molar-refractivity contribution in [3.8, 4) is 0 Å². The molecule has 5 nitrogen and oxygen atoms in total. The molecule has 0 saturated carbocycles. The van der Waals surface area contributed by atoms with Crippen LogP contribution in [0.2, 0.25) is 5.02 Å². The first-order valence-electron chi connectivity index (χ1n) is 9.94. The molecule has 1 aliphatic heterocycles. The molecule has 0 spiro atoms. The molecule has 1 fully saturated rings.